The highest BCUT2D eigenvalue weighted by Gasteiger charge is 2.29. The number of carbonyl (C=O) groups is 3. The molecule has 2 atom stereocenters. The fraction of sp³-hybridized carbons (Fsp3) is 0.375. The highest BCUT2D eigenvalue weighted by atomic mass is 16.5. The van der Waals surface area contributed by atoms with Crippen LogP contribution in [0.2, 0.25) is 0 Å². The van der Waals surface area contributed by atoms with Gasteiger partial charge >= 0.3 is 12.1 Å². The lowest BCUT2D eigenvalue weighted by Crippen LogP contribution is -2.39. The number of nitrogens with one attached hydrogen (secondary N) is 2. The maximum Gasteiger partial charge on any atom is 0.407 e. The first kappa shape index (κ1) is 23.3. The first-order chi connectivity index (χ1) is 15.4. The van der Waals surface area contributed by atoms with Gasteiger partial charge in [0, 0.05) is 38.5 Å². The summed E-state index contributed by atoms with van der Waals surface area (Å²) in [6, 6.07) is 15.7. The van der Waals surface area contributed by atoms with Crippen molar-refractivity contribution in [3.05, 3.63) is 59.7 Å². The molecule has 0 aromatic heterocycles. The van der Waals surface area contributed by atoms with Gasteiger partial charge in [-0.1, -0.05) is 48.5 Å². The molecule has 1 aliphatic carbocycles. The molecule has 8 nitrogen and oxygen atoms in total. The fourth-order valence-corrected chi connectivity index (χ4v) is 3.93. The van der Waals surface area contributed by atoms with E-state index in [1.54, 1.807) is 6.92 Å². The highest BCUT2D eigenvalue weighted by molar-refractivity contribution is 5.79. The van der Waals surface area contributed by atoms with Crippen LogP contribution in [0.15, 0.2) is 48.5 Å². The largest absolute Gasteiger partial charge is 0.479 e. The zero-order valence-electron chi connectivity index (χ0n) is 18.2. The van der Waals surface area contributed by atoms with Crippen molar-refractivity contribution in [3.8, 4) is 11.1 Å². The van der Waals surface area contributed by atoms with Crippen molar-refractivity contribution >= 4 is 18.0 Å². The van der Waals surface area contributed by atoms with Crippen molar-refractivity contribution in [1.29, 1.82) is 0 Å². The Balaban J connectivity index is 1.45. The lowest BCUT2D eigenvalue weighted by Gasteiger charge is -2.17. The molecule has 2 amide bonds. The molecule has 3 N–H and O–H groups in total. The minimum atomic E-state index is -1.08. The lowest BCUT2D eigenvalue weighted by molar-refractivity contribution is -0.149. The Labute approximate surface area is 186 Å². The van der Waals surface area contributed by atoms with E-state index in [9.17, 15) is 14.4 Å². The van der Waals surface area contributed by atoms with Crippen molar-refractivity contribution in [1.82, 2.24) is 10.6 Å². The molecule has 170 valence electrons. The van der Waals surface area contributed by atoms with Gasteiger partial charge < -0.3 is 25.2 Å². The van der Waals surface area contributed by atoms with Crippen LogP contribution in [-0.4, -0.2) is 55.5 Å². The van der Waals surface area contributed by atoms with Gasteiger partial charge in [0.1, 0.15) is 6.61 Å². The van der Waals surface area contributed by atoms with E-state index in [-0.39, 0.29) is 37.8 Å². The van der Waals surface area contributed by atoms with E-state index in [2.05, 4.69) is 22.8 Å². The number of hydrogen-bond donors (Lipinski definition) is 3. The van der Waals surface area contributed by atoms with Crippen LogP contribution in [0.5, 0.6) is 0 Å². The molecule has 0 aliphatic heterocycles. The summed E-state index contributed by atoms with van der Waals surface area (Å²) in [4.78, 5) is 35.2. The number of aliphatic carboxylic acids is 1. The topological polar surface area (TPSA) is 114 Å². The number of carboxylic acid groups (broad SMARTS) is 1. The SMILES string of the molecule is COC(CCNC(=O)CC(C)NC(=O)OCC1c2ccccc2-c2ccccc21)C(=O)O. The third kappa shape index (κ3) is 5.64. The zero-order valence-corrected chi connectivity index (χ0v) is 18.2. The summed E-state index contributed by atoms with van der Waals surface area (Å²) in [5, 5.41) is 14.2. The third-order valence-corrected chi connectivity index (χ3v) is 5.49. The second-order valence-corrected chi connectivity index (χ2v) is 7.78. The fourth-order valence-electron chi connectivity index (χ4n) is 3.93. The molecule has 0 saturated heterocycles. The van der Waals surface area contributed by atoms with Crippen LogP contribution in [0, 0.1) is 0 Å². The zero-order chi connectivity index (χ0) is 23.1. The minimum Gasteiger partial charge on any atom is -0.479 e. The maximum absolute atomic E-state index is 12.3. The van der Waals surface area contributed by atoms with Gasteiger partial charge in [-0.2, -0.15) is 0 Å². The van der Waals surface area contributed by atoms with Gasteiger partial charge in [0.2, 0.25) is 5.91 Å². The second kappa shape index (κ2) is 10.8. The number of methoxy groups -OCH3 is 1. The van der Waals surface area contributed by atoms with E-state index >= 15 is 0 Å². The van der Waals surface area contributed by atoms with Gasteiger partial charge in [0.05, 0.1) is 0 Å². The smallest absolute Gasteiger partial charge is 0.407 e. The van der Waals surface area contributed by atoms with Gasteiger partial charge in [-0.3, -0.25) is 4.79 Å². The number of fused-ring (bicyclic) bond motifs is 3. The summed E-state index contributed by atoms with van der Waals surface area (Å²) in [6.07, 6.45) is -1.34. The standard InChI is InChI=1S/C24H28N2O6/c1-15(13-22(27)25-12-11-21(31-2)23(28)29)26-24(30)32-14-20-18-9-5-3-7-16(18)17-8-4-6-10-19(17)20/h3-10,15,20-21H,11-14H2,1-2H3,(H,25,27)(H,26,30)(H,28,29). The van der Waals surface area contributed by atoms with E-state index in [1.165, 1.54) is 7.11 Å². The van der Waals surface area contributed by atoms with Gasteiger partial charge in [0.25, 0.3) is 0 Å². The van der Waals surface area contributed by atoms with E-state index in [1.807, 2.05) is 36.4 Å². The molecule has 2 aromatic carbocycles. The molecule has 2 aromatic rings. The van der Waals surface area contributed by atoms with Crippen molar-refractivity contribution < 1.29 is 29.0 Å². The Morgan fingerprint density at radius 3 is 2.19 bits per heavy atom. The molecule has 0 radical (unpaired) electrons. The predicted molar refractivity (Wildman–Crippen MR) is 118 cm³/mol. The number of carbonyl (C=O) groups excluding carboxylic acids is 2. The van der Waals surface area contributed by atoms with Crippen molar-refractivity contribution in [2.24, 2.45) is 0 Å². The van der Waals surface area contributed by atoms with Crippen LogP contribution in [0.4, 0.5) is 4.79 Å². The Morgan fingerprint density at radius 1 is 1.03 bits per heavy atom. The molecule has 8 heteroatoms. The molecule has 0 bridgehead atoms. The Morgan fingerprint density at radius 2 is 1.62 bits per heavy atom. The number of amides is 2. The highest BCUT2D eigenvalue weighted by Crippen LogP contribution is 2.44. The van der Waals surface area contributed by atoms with Gasteiger partial charge in [-0.05, 0) is 29.2 Å². The maximum atomic E-state index is 12.3. The molecule has 1 aliphatic rings. The molecule has 2 unspecified atom stereocenters. The molecular weight excluding hydrogens is 412 g/mol. The van der Waals surface area contributed by atoms with Crippen LogP contribution < -0.4 is 10.6 Å². The molecular formula is C24H28N2O6. The van der Waals surface area contributed by atoms with E-state index in [0.29, 0.717) is 0 Å². The first-order valence-corrected chi connectivity index (χ1v) is 10.5. The van der Waals surface area contributed by atoms with Crippen LogP contribution in [0.1, 0.15) is 36.8 Å². The minimum absolute atomic E-state index is 0.0327. The van der Waals surface area contributed by atoms with E-state index < -0.39 is 24.2 Å². The van der Waals surface area contributed by atoms with E-state index in [4.69, 9.17) is 14.6 Å². The summed E-state index contributed by atoms with van der Waals surface area (Å²) in [6.45, 7) is 2.07. The van der Waals surface area contributed by atoms with Crippen molar-refractivity contribution in [3.63, 3.8) is 0 Å². The summed E-state index contributed by atoms with van der Waals surface area (Å²) < 4.78 is 10.3. The number of carboxylic acids is 1. The van der Waals surface area contributed by atoms with E-state index in [0.717, 1.165) is 22.3 Å². The second-order valence-electron chi connectivity index (χ2n) is 7.78. The monoisotopic (exact) mass is 440 g/mol. The predicted octanol–water partition coefficient (Wildman–Crippen LogP) is 2.91. The van der Waals surface area contributed by atoms with Crippen LogP contribution in [-0.2, 0) is 19.1 Å². The number of ether oxygens (including phenoxy) is 2. The molecule has 0 fully saturated rings. The molecule has 0 heterocycles. The van der Waals surface area contributed by atoms with Gasteiger partial charge in [-0.15, -0.1) is 0 Å². The molecule has 0 spiro atoms. The lowest BCUT2D eigenvalue weighted by atomic mass is 9.98. The average Bonchev–Trinajstić information content (AvgIpc) is 3.08. The Hall–Kier alpha value is -3.39. The van der Waals surface area contributed by atoms with Gasteiger partial charge in [-0.25, -0.2) is 9.59 Å². The third-order valence-electron chi connectivity index (χ3n) is 5.49. The molecule has 0 saturated carbocycles. The van der Waals surface area contributed by atoms with Crippen LogP contribution >= 0.6 is 0 Å². The number of rotatable bonds is 10. The van der Waals surface area contributed by atoms with Crippen LogP contribution in [0.25, 0.3) is 11.1 Å². The van der Waals surface area contributed by atoms with Crippen molar-refractivity contribution in [2.75, 3.05) is 20.3 Å². The number of hydrogen-bond acceptors (Lipinski definition) is 5. The number of benzene rings is 2. The molecule has 32 heavy (non-hydrogen) atoms. The van der Waals surface area contributed by atoms with Crippen LogP contribution in [0.3, 0.4) is 0 Å². The summed E-state index contributed by atoms with van der Waals surface area (Å²) in [7, 11) is 1.31. The quantitative estimate of drug-likeness (QED) is 0.524. The Bertz CT molecular complexity index is 931. The number of alkyl carbamates (subject to hydrolysis) is 1. The first-order valence-electron chi connectivity index (χ1n) is 10.5. The normalized spacial score (nSPS) is 14.1. The summed E-state index contributed by atoms with van der Waals surface area (Å²) >= 11 is 0. The average molecular weight is 440 g/mol. The van der Waals surface area contributed by atoms with Crippen molar-refractivity contribution in [2.45, 2.75) is 37.8 Å². The van der Waals surface area contributed by atoms with Gasteiger partial charge in [0.15, 0.2) is 6.10 Å². The summed E-state index contributed by atoms with van der Waals surface area (Å²) in [5.74, 6) is -1.40. The Kier molecular flexibility index (Phi) is 7.83. The molecule has 3 rings (SSSR count). The summed E-state index contributed by atoms with van der Waals surface area (Å²) in [5.41, 5.74) is 4.57.